The van der Waals surface area contributed by atoms with E-state index in [1.165, 1.54) is 5.56 Å². The van der Waals surface area contributed by atoms with Crippen LogP contribution in [-0.2, 0) is 0 Å². The van der Waals surface area contributed by atoms with Crippen molar-refractivity contribution in [1.29, 1.82) is 0 Å². The van der Waals surface area contributed by atoms with E-state index in [4.69, 9.17) is 0 Å². The highest BCUT2D eigenvalue weighted by atomic mass is 16.3. The van der Waals surface area contributed by atoms with Gasteiger partial charge in [-0.25, -0.2) is 0 Å². The van der Waals surface area contributed by atoms with Crippen LogP contribution in [0.1, 0.15) is 43.9 Å². The average Bonchev–Trinajstić information content (AvgIpc) is 2.39. The summed E-state index contributed by atoms with van der Waals surface area (Å²) in [6, 6.07) is 20.2. The van der Waals surface area contributed by atoms with Crippen molar-refractivity contribution in [2.24, 2.45) is 5.41 Å². The summed E-state index contributed by atoms with van der Waals surface area (Å²) in [5.41, 5.74) is 2.16. The van der Waals surface area contributed by atoms with Gasteiger partial charge in [-0.1, -0.05) is 81.4 Å². The Morgan fingerprint density at radius 2 is 1.16 bits per heavy atom. The van der Waals surface area contributed by atoms with Gasteiger partial charge in [0.15, 0.2) is 0 Å². The van der Waals surface area contributed by atoms with Gasteiger partial charge in [0.05, 0.1) is 6.10 Å². The molecule has 2 aromatic carbocycles. The Bertz CT molecular complexity index is 496. The van der Waals surface area contributed by atoms with E-state index in [0.717, 1.165) is 5.56 Å². The highest BCUT2D eigenvalue weighted by Gasteiger charge is 2.33. The van der Waals surface area contributed by atoms with Gasteiger partial charge in [-0.3, -0.25) is 0 Å². The van der Waals surface area contributed by atoms with E-state index in [2.05, 4.69) is 32.9 Å². The highest BCUT2D eigenvalue weighted by molar-refractivity contribution is 5.28. The fourth-order valence-corrected chi connectivity index (χ4v) is 2.66. The molecule has 0 bridgehead atoms. The standard InChI is InChI=1S/C18H22O/c1-18(2,3)16(14-10-6-4-7-11-14)17(19)15-12-8-5-9-13-15/h4-13,16-17,19H,1-3H3/t16-,17-/m1/s1. The predicted molar refractivity (Wildman–Crippen MR) is 80.0 cm³/mol. The van der Waals surface area contributed by atoms with Gasteiger partial charge in [0.2, 0.25) is 0 Å². The van der Waals surface area contributed by atoms with E-state index >= 15 is 0 Å². The van der Waals surface area contributed by atoms with Crippen LogP contribution in [-0.4, -0.2) is 5.11 Å². The van der Waals surface area contributed by atoms with Crippen LogP contribution in [0.25, 0.3) is 0 Å². The van der Waals surface area contributed by atoms with E-state index in [9.17, 15) is 5.11 Å². The Hall–Kier alpha value is -1.60. The summed E-state index contributed by atoms with van der Waals surface area (Å²) in [6.07, 6.45) is -0.483. The minimum absolute atomic E-state index is 0.00336. The molecule has 0 heterocycles. The average molecular weight is 254 g/mol. The molecule has 1 heteroatoms. The van der Waals surface area contributed by atoms with Crippen molar-refractivity contribution in [3.05, 3.63) is 71.8 Å². The molecule has 2 atom stereocenters. The van der Waals surface area contributed by atoms with Gasteiger partial charge in [0.25, 0.3) is 0 Å². The molecule has 0 aliphatic carbocycles. The second kappa shape index (κ2) is 5.58. The normalized spacial score (nSPS) is 14.9. The first-order valence-corrected chi connectivity index (χ1v) is 6.78. The van der Waals surface area contributed by atoms with Crippen molar-refractivity contribution in [2.45, 2.75) is 32.8 Å². The maximum Gasteiger partial charge on any atom is 0.0863 e. The van der Waals surface area contributed by atoms with E-state index in [0.29, 0.717) is 0 Å². The molecule has 1 nitrogen and oxygen atoms in total. The summed E-state index contributed by atoms with van der Waals surface area (Å²) in [7, 11) is 0. The lowest BCUT2D eigenvalue weighted by atomic mass is 9.72. The molecule has 0 saturated heterocycles. The summed E-state index contributed by atoms with van der Waals surface area (Å²) in [4.78, 5) is 0. The maximum atomic E-state index is 10.8. The third-order valence-corrected chi connectivity index (χ3v) is 3.55. The molecule has 100 valence electrons. The predicted octanol–water partition coefficient (Wildman–Crippen LogP) is 4.55. The van der Waals surface area contributed by atoms with Crippen molar-refractivity contribution in [3.63, 3.8) is 0 Å². The lowest BCUT2D eigenvalue weighted by Gasteiger charge is -2.35. The van der Waals surface area contributed by atoms with E-state index < -0.39 is 6.10 Å². The van der Waals surface area contributed by atoms with Crippen molar-refractivity contribution < 1.29 is 5.11 Å². The van der Waals surface area contributed by atoms with Crippen molar-refractivity contribution in [1.82, 2.24) is 0 Å². The van der Waals surface area contributed by atoms with Crippen LogP contribution in [0.3, 0.4) is 0 Å². The van der Waals surface area contributed by atoms with Crippen molar-refractivity contribution >= 4 is 0 Å². The minimum atomic E-state index is -0.483. The third-order valence-electron chi connectivity index (χ3n) is 3.55. The first-order chi connectivity index (χ1) is 9.00. The molecular formula is C18H22O. The lowest BCUT2D eigenvalue weighted by Crippen LogP contribution is -2.25. The van der Waals surface area contributed by atoms with Crippen LogP contribution in [0.4, 0.5) is 0 Å². The molecule has 0 fully saturated rings. The second-order valence-electron chi connectivity index (χ2n) is 6.11. The van der Waals surface area contributed by atoms with Gasteiger partial charge in [-0.2, -0.15) is 0 Å². The molecule has 0 aromatic heterocycles. The number of rotatable bonds is 3. The second-order valence-corrected chi connectivity index (χ2v) is 6.11. The van der Waals surface area contributed by atoms with Crippen LogP contribution in [0.5, 0.6) is 0 Å². The maximum absolute atomic E-state index is 10.8. The molecule has 0 aliphatic rings. The Kier molecular flexibility index (Phi) is 4.06. The Balaban J connectivity index is 2.40. The first kappa shape index (κ1) is 13.8. The van der Waals surface area contributed by atoms with E-state index in [1.807, 2.05) is 48.5 Å². The largest absolute Gasteiger partial charge is 0.388 e. The highest BCUT2D eigenvalue weighted by Crippen LogP contribution is 2.43. The molecular weight excluding hydrogens is 232 g/mol. The van der Waals surface area contributed by atoms with E-state index in [1.54, 1.807) is 0 Å². The number of benzene rings is 2. The molecule has 0 unspecified atom stereocenters. The Labute approximate surface area is 115 Å². The van der Waals surface area contributed by atoms with Gasteiger partial charge < -0.3 is 5.11 Å². The quantitative estimate of drug-likeness (QED) is 0.852. The summed E-state index contributed by atoms with van der Waals surface area (Å²) >= 11 is 0. The first-order valence-electron chi connectivity index (χ1n) is 6.78. The molecule has 0 radical (unpaired) electrons. The smallest absolute Gasteiger partial charge is 0.0863 e. The van der Waals surface area contributed by atoms with Gasteiger partial charge in [-0.15, -0.1) is 0 Å². The molecule has 0 saturated carbocycles. The van der Waals surface area contributed by atoms with Crippen molar-refractivity contribution in [3.8, 4) is 0 Å². The molecule has 0 amide bonds. The SMILES string of the molecule is CC(C)(C)[C@H](c1ccccc1)[C@H](O)c1ccccc1. The van der Waals surface area contributed by atoms with Gasteiger partial charge in [0, 0.05) is 5.92 Å². The Morgan fingerprint density at radius 1 is 0.737 bits per heavy atom. The molecule has 2 rings (SSSR count). The molecule has 0 aliphatic heterocycles. The van der Waals surface area contributed by atoms with Crippen LogP contribution < -0.4 is 0 Å². The zero-order chi connectivity index (χ0) is 13.9. The number of aliphatic hydroxyl groups excluding tert-OH is 1. The summed E-state index contributed by atoms with van der Waals surface area (Å²) in [5.74, 6) is 0.0797. The topological polar surface area (TPSA) is 20.2 Å². The van der Waals surface area contributed by atoms with Crippen LogP contribution >= 0.6 is 0 Å². The number of aliphatic hydroxyl groups is 1. The summed E-state index contributed by atoms with van der Waals surface area (Å²) < 4.78 is 0. The minimum Gasteiger partial charge on any atom is -0.388 e. The zero-order valence-corrected chi connectivity index (χ0v) is 11.9. The fourth-order valence-electron chi connectivity index (χ4n) is 2.66. The molecule has 2 aromatic rings. The third kappa shape index (κ3) is 3.24. The molecule has 0 spiro atoms. The molecule has 1 N–H and O–H groups in total. The fraction of sp³-hybridized carbons (Fsp3) is 0.333. The molecule has 19 heavy (non-hydrogen) atoms. The van der Waals surface area contributed by atoms with Gasteiger partial charge in [0.1, 0.15) is 0 Å². The van der Waals surface area contributed by atoms with Crippen molar-refractivity contribution in [2.75, 3.05) is 0 Å². The number of hydrogen-bond acceptors (Lipinski definition) is 1. The van der Waals surface area contributed by atoms with Gasteiger partial charge >= 0.3 is 0 Å². The van der Waals surface area contributed by atoms with E-state index in [-0.39, 0.29) is 11.3 Å². The summed E-state index contributed by atoms with van der Waals surface area (Å²) in [5, 5.41) is 10.8. The lowest BCUT2D eigenvalue weighted by molar-refractivity contribution is 0.0893. The van der Waals surface area contributed by atoms with Gasteiger partial charge in [-0.05, 0) is 16.5 Å². The monoisotopic (exact) mass is 254 g/mol. The van der Waals surface area contributed by atoms with Crippen LogP contribution in [0, 0.1) is 5.41 Å². The zero-order valence-electron chi connectivity index (χ0n) is 11.9. The number of hydrogen-bond donors (Lipinski definition) is 1. The Morgan fingerprint density at radius 3 is 1.58 bits per heavy atom. The van der Waals surface area contributed by atoms with Crippen LogP contribution in [0.2, 0.25) is 0 Å². The summed E-state index contributed by atoms with van der Waals surface area (Å²) in [6.45, 7) is 6.53. The van der Waals surface area contributed by atoms with Crippen LogP contribution in [0.15, 0.2) is 60.7 Å².